The van der Waals surface area contributed by atoms with Crippen molar-refractivity contribution in [2.75, 3.05) is 7.11 Å². The van der Waals surface area contributed by atoms with Gasteiger partial charge in [0.15, 0.2) is 11.4 Å². The van der Waals surface area contributed by atoms with E-state index in [1.807, 2.05) is 0 Å². The molecule has 0 aliphatic rings. The fourth-order valence-electron chi connectivity index (χ4n) is 1.38. The smallest absolute Gasteiger partial charge is 0.272 e. The summed E-state index contributed by atoms with van der Waals surface area (Å²) in [5.74, 6) is 0.588. The molecule has 4 nitrogen and oxygen atoms in total. The summed E-state index contributed by atoms with van der Waals surface area (Å²) in [6, 6.07) is 3.52. The van der Waals surface area contributed by atoms with Crippen molar-refractivity contribution in [3.05, 3.63) is 38.9 Å². The van der Waals surface area contributed by atoms with Gasteiger partial charge in [0.2, 0.25) is 0 Å². The largest absolute Gasteiger partial charge is 0.493 e. The number of halogens is 1. The Morgan fingerprint density at radius 1 is 1.53 bits per heavy atom. The molecule has 2 heterocycles. The first-order valence-electron chi connectivity index (χ1n) is 4.36. The highest BCUT2D eigenvalue weighted by atomic mass is 79.9. The van der Waals surface area contributed by atoms with Gasteiger partial charge >= 0.3 is 0 Å². The molecule has 0 saturated carbocycles. The number of methoxy groups -OCH3 is 1. The van der Waals surface area contributed by atoms with Gasteiger partial charge < -0.3 is 4.74 Å². The number of aromatic nitrogens is 2. The third-order valence-corrected chi connectivity index (χ3v) is 3.06. The zero-order chi connectivity index (χ0) is 11.0. The monoisotopic (exact) mass is 268 g/mol. The van der Waals surface area contributed by atoms with Gasteiger partial charge in [-0.1, -0.05) is 0 Å². The van der Waals surface area contributed by atoms with Gasteiger partial charge in [0, 0.05) is 6.20 Å². The van der Waals surface area contributed by atoms with Gasteiger partial charge in [-0.2, -0.15) is 0 Å². The molecule has 78 valence electrons. The van der Waals surface area contributed by atoms with Crippen LogP contribution in [0.4, 0.5) is 0 Å². The van der Waals surface area contributed by atoms with Crippen LogP contribution in [-0.4, -0.2) is 16.5 Å². The summed E-state index contributed by atoms with van der Waals surface area (Å²) >= 11 is 3.21. The van der Waals surface area contributed by atoms with Gasteiger partial charge in [-0.15, -0.1) is 0 Å². The van der Waals surface area contributed by atoms with Crippen LogP contribution < -0.4 is 10.3 Å². The van der Waals surface area contributed by atoms with Crippen molar-refractivity contribution in [3.8, 4) is 5.75 Å². The highest BCUT2D eigenvalue weighted by molar-refractivity contribution is 9.10. The van der Waals surface area contributed by atoms with Gasteiger partial charge in [-0.25, -0.2) is 4.98 Å². The second-order valence-electron chi connectivity index (χ2n) is 3.09. The van der Waals surface area contributed by atoms with Crippen molar-refractivity contribution in [2.45, 2.75) is 6.92 Å². The van der Waals surface area contributed by atoms with E-state index in [0.29, 0.717) is 21.6 Å². The Bertz CT molecular complexity index is 577. The fraction of sp³-hybridized carbons (Fsp3) is 0.200. The van der Waals surface area contributed by atoms with E-state index in [9.17, 15) is 4.79 Å². The first kappa shape index (κ1) is 10.2. The quantitative estimate of drug-likeness (QED) is 0.792. The number of rotatable bonds is 1. The van der Waals surface area contributed by atoms with E-state index < -0.39 is 0 Å². The van der Waals surface area contributed by atoms with E-state index in [1.165, 1.54) is 4.40 Å². The molecular formula is C10H9BrN2O2. The third-order valence-electron chi connectivity index (χ3n) is 2.15. The molecule has 0 unspecified atom stereocenters. The Labute approximate surface area is 94.7 Å². The molecule has 0 N–H and O–H groups in total. The number of ether oxygens (including phenoxy) is 1. The number of pyridine rings is 1. The molecule has 2 rings (SSSR count). The normalized spacial score (nSPS) is 10.6. The van der Waals surface area contributed by atoms with Crippen LogP contribution in [0.2, 0.25) is 0 Å². The minimum Gasteiger partial charge on any atom is -0.493 e. The van der Waals surface area contributed by atoms with Gasteiger partial charge in [0.05, 0.1) is 12.8 Å². The van der Waals surface area contributed by atoms with Crippen LogP contribution in [0.5, 0.6) is 5.75 Å². The van der Waals surface area contributed by atoms with E-state index in [0.717, 1.165) is 0 Å². The van der Waals surface area contributed by atoms with Gasteiger partial charge in [0.25, 0.3) is 5.56 Å². The lowest BCUT2D eigenvalue weighted by atomic mass is 10.4. The summed E-state index contributed by atoms with van der Waals surface area (Å²) in [4.78, 5) is 16.1. The Hall–Kier alpha value is -1.36. The van der Waals surface area contributed by atoms with Crippen molar-refractivity contribution in [3.63, 3.8) is 0 Å². The van der Waals surface area contributed by atoms with E-state index in [-0.39, 0.29) is 5.56 Å². The SMILES string of the molecule is COc1cccn2c(=O)c(Br)c(C)nc12. The summed E-state index contributed by atoms with van der Waals surface area (Å²) < 4.78 is 7.07. The molecular weight excluding hydrogens is 260 g/mol. The molecule has 0 aliphatic heterocycles. The molecule has 0 spiro atoms. The fourth-order valence-corrected chi connectivity index (χ4v) is 1.66. The molecule has 0 aliphatic carbocycles. The standard InChI is InChI=1S/C10H9BrN2O2/c1-6-8(11)10(14)13-5-3-4-7(15-2)9(13)12-6/h3-5H,1-2H3. The molecule has 0 saturated heterocycles. The summed E-state index contributed by atoms with van der Waals surface area (Å²) in [5.41, 5.74) is 1.06. The second kappa shape index (κ2) is 3.66. The predicted molar refractivity (Wildman–Crippen MR) is 60.5 cm³/mol. The summed E-state index contributed by atoms with van der Waals surface area (Å²) in [5, 5.41) is 0. The Morgan fingerprint density at radius 2 is 2.27 bits per heavy atom. The van der Waals surface area contributed by atoms with Crippen LogP contribution in [0.15, 0.2) is 27.6 Å². The van der Waals surface area contributed by atoms with Crippen molar-refractivity contribution in [1.82, 2.24) is 9.38 Å². The molecule has 0 bridgehead atoms. The first-order valence-corrected chi connectivity index (χ1v) is 5.16. The first-order chi connectivity index (χ1) is 7.15. The summed E-state index contributed by atoms with van der Waals surface area (Å²) in [7, 11) is 1.55. The maximum atomic E-state index is 11.8. The van der Waals surface area contributed by atoms with Crippen LogP contribution in [-0.2, 0) is 0 Å². The molecule has 0 atom stereocenters. The number of fused-ring (bicyclic) bond motifs is 1. The minimum absolute atomic E-state index is 0.128. The second-order valence-corrected chi connectivity index (χ2v) is 3.88. The average Bonchev–Trinajstić information content (AvgIpc) is 2.25. The van der Waals surface area contributed by atoms with E-state index in [1.54, 1.807) is 32.4 Å². The summed E-state index contributed by atoms with van der Waals surface area (Å²) in [6.45, 7) is 1.78. The number of hydrogen-bond acceptors (Lipinski definition) is 3. The summed E-state index contributed by atoms with van der Waals surface area (Å²) in [6.07, 6.45) is 1.66. The lowest BCUT2D eigenvalue weighted by molar-refractivity contribution is 0.416. The van der Waals surface area contributed by atoms with Gasteiger partial charge in [0.1, 0.15) is 4.47 Å². The van der Waals surface area contributed by atoms with Gasteiger partial charge in [-0.05, 0) is 35.0 Å². The van der Waals surface area contributed by atoms with Crippen LogP contribution in [0.25, 0.3) is 5.65 Å². The van der Waals surface area contributed by atoms with Crippen LogP contribution in [0.3, 0.4) is 0 Å². The van der Waals surface area contributed by atoms with E-state index >= 15 is 0 Å². The lowest BCUT2D eigenvalue weighted by Gasteiger charge is -2.07. The minimum atomic E-state index is -0.128. The Morgan fingerprint density at radius 3 is 2.93 bits per heavy atom. The molecule has 0 amide bonds. The average molecular weight is 269 g/mol. The lowest BCUT2D eigenvalue weighted by Crippen LogP contribution is -2.17. The van der Waals surface area contributed by atoms with E-state index in [4.69, 9.17) is 4.74 Å². The molecule has 5 heteroatoms. The zero-order valence-electron chi connectivity index (χ0n) is 8.32. The molecule has 0 fully saturated rings. The molecule has 0 aromatic carbocycles. The number of aryl methyl sites for hydroxylation is 1. The topological polar surface area (TPSA) is 43.6 Å². The van der Waals surface area contributed by atoms with Crippen molar-refractivity contribution in [2.24, 2.45) is 0 Å². The highest BCUT2D eigenvalue weighted by Crippen LogP contribution is 2.18. The van der Waals surface area contributed by atoms with Gasteiger partial charge in [-0.3, -0.25) is 9.20 Å². The predicted octanol–water partition coefficient (Wildman–Crippen LogP) is 1.77. The van der Waals surface area contributed by atoms with Crippen LogP contribution >= 0.6 is 15.9 Å². The maximum Gasteiger partial charge on any atom is 0.272 e. The van der Waals surface area contributed by atoms with Crippen molar-refractivity contribution < 1.29 is 4.74 Å². The molecule has 0 radical (unpaired) electrons. The highest BCUT2D eigenvalue weighted by Gasteiger charge is 2.09. The maximum absolute atomic E-state index is 11.8. The van der Waals surface area contributed by atoms with Crippen LogP contribution in [0.1, 0.15) is 5.69 Å². The van der Waals surface area contributed by atoms with E-state index in [2.05, 4.69) is 20.9 Å². The zero-order valence-corrected chi connectivity index (χ0v) is 9.91. The number of nitrogens with zero attached hydrogens (tertiary/aromatic N) is 2. The molecule has 2 aromatic heterocycles. The molecule has 2 aromatic rings. The van der Waals surface area contributed by atoms with Crippen LogP contribution in [0, 0.1) is 6.92 Å². The molecule has 15 heavy (non-hydrogen) atoms. The van der Waals surface area contributed by atoms with Crippen molar-refractivity contribution >= 4 is 21.6 Å². The van der Waals surface area contributed by atoms with Crippen molar-refractivity contribution in [1.29, 1.82) is 0 Å². The number of hydrogen-bond donors (Lipinski definition) is 0. The Balaban J connectivity index is 2.98. The Kier molecular flexibility index (Phi) is 2.48. The third kappa shape index (κ3) is 1.52.